The Labute approximate surface area is 92.8 Å². The van der Waals surface area contributed by atoms with E-state index in [0.717, 1.165) is 0 Å². The van der Waals surface area contributed by atoms with Gasteiger partial charge in [-0.25, -0.2) is 0 Å². The minimum atomic E-state index is -2.90. The molecule has 0 atom stereocenters. The van der Waals surface area contributed by atoms with Crippen LogP contribution in [0.3, 0.4) is 0 Å². The van der Waals surface area contributed by atoms with Crippen molar-refractivity contribution in [2.75, 3.05) is 0 Å². The maximum atomic E-state index is 11.9. The van der Waals surface area contributed by atoms with E-state index in [9.17, 15) is 13.6 Å². The average molecular weight is 281 g/mol. The summed E-state index contributed by atoms with van der Waals surface area (Å²) in [6.07, 6.45) is -0.159. The molecule has 0 spiro atoms. The fourth-order valence-electron chi connectivity index (χ4n) is 1.02. The van der Waals surface area contributed by atoms with Crippen LogP contribution < -0.4 is 4.74 Å². The fraction of sp³-hybridized carbons (Fsp3) is 0.222. The van der Waals surface area contributed by atoms with E-state index in [1.807, 2.05) is 0 Å². The first-order valence-electron chi connectivity index (χ1n) is 3.94. The lowest BCUT2D eigenvalue weighted by Gasteiger charge is -2.07. The van der Waals surface area contributed by atoms with Crippen molar-refractivity contribution in [1.29, 1.82) is 0 Å². The molecule has 0 aromatic heterocycles. The van der Waals surface area contributed by atoms with Gasteiger partial charge in [-0.2, -0.15) is 8.78 Å². The lowest BCUT2D eigenvalue weighted by atomic mass is 10.1. The van der Waals surface area contributed by atoms with Crippen LogP contribution in [0.4, 0.5) is 8.78 Å². The highest BCUT2D eigenvalue weighted by atomic mass is 79.9. The summed E-state index contributed by atoms with van der Waals surface area (Å²) in [7, 11) is 0. The molecule has 0 aliphatic rings. The zero-order valence-electron chi connectivity index (χ0n) is 7.41. The molecule has 1 aromatic carbocycles. The van der Waals surface area contributed by atoms with E-state index in [1.54, 1.807) is 0 Å². The third-order valence-electron chi connectivity index (χ3n) is 1.57. The highest BCUT2D eigenvalue weighted by molar-refractivity contribution is 9.10. The van der Waals surface area contributed by atoms with Crippen molar-refractivity contribution < 1.29 is 23.4 Å². The van der Waals surface area contributed by atoms with Gasteiger partial charge >= 0.3 is 12.6 Å². The van der Waals surface area contributed by atoms with Gasteiger partial charge < -0.3 is 9.84 Å². The number of carbonyl (C=O) groups is 1. The predicted octanol–water partition coefficient (Wildman–Crippen LogP) is 2.68. The molecule has 1 rings (SSSR count). The number of halogens is 3. The van der Waals surface area contributed by atoms with Crippen molar-refractivity contribution in [3.63, 3.8) is 0 Å². The van der Waals surface area contributed by atoms with Gasteiger partial charge in [0.2, 0.25) is 0 Å². The largest absolute Gasteiger partial charge is 0.481 e. The molecule has 0 bridgehead atoms. The van der Waals surface area contributed by atoms with E-state index in [4.69, 9.17) is 5.11 Å². The third kappa shape index (κ3) is 3.83. The molecule has 0 radical (unpaired) electrons. The molecule has 82 valence electrons. The Morgan fingerprint density at radius 3 is 2.67 bits per heavy atom. The van der Waals surface area contributed by atoms with Crippen molar-refractivity contribution in [2.45, 2.75) is 13.0 Å². The number of aliphatic carboxylic acids is 1. The number of rotatable bonds is 4. The summed E-state index contributed by atoms with van der Waals surface area (Å²) in [5.74, 6) is -0.997. The molecule has 0 saturated carbocycles. The SMILES string of the molecule is O=C(O)Cc1ccc(OC(F)F)c(Br)c1. The maximum absolute atomic E-state index is 11.9. The van der Waals surface area contributed by atoms with E-state index >= 15 is 0 Å². The van der Waals surface area contributed by atoms with Gasteiger partial charge in [0.15, 0.2) is 0 Å². The number of hydrogen-bond acceptors (Lipinski definition) is 2. The Hall–Kier alpha value is -1.17. The summed E-state index contributed by atoms with van der Waals surface area (Å²) in [4.78, 5) is 10.4. The van der Waals surface area contributed by atoms with Crippen LogP contribution in [0.25, 0.3) is 0 Å². The first-order valence-corrected chi connectivity index (χ1v) is 4.73. The summed E-state index contributed by atoms with van der Waals surface area (Å²) in [5.41, 5.74) is 0.510. The van der Waals surface area contributed by atoms with Crippen molar-refractivity contribution in [3.8, 4) is 5.75 Å². The Morgan fingerprint density at radius 1 is 1.53 bits per heavy atom. The minimum Gasteiger partial charge on any atom is -0.481 e. The average Bonchev–Trinajstić information content (AvgIpc) is 2.08. The van der Waals surface area contributed by atoms with Gasteiger partial charge in [0, 0.05) is 0 Å². The van der Waals surface area contributed by atoms with Gasteiger partial charge in [-0.1, -0.05) is 6.07 Å². The minimum absolute atomic E-state index is 0.0147. The zero-order valence-corrected chi connectivity index (χ0v) is 9.00. The van der Waals surface area contributed by atoms with Crippen LogP contribution in [0.1, 0.15) is 5.56 Å². The molecular formula is C9H7BrF2O3. The number of hydrogen-bond donors (Lipinski definition) is 1. The van der Waals surface area contributed by atoms with Gasteiger partial charge in [0.25, 0.3) is 0 Å². The summed E-state index contributed by atoms with van der Waals surface area (Å²) in [5, 5.41) is 8.51. The van der Waals surface area contributed by atoms with Gasteiger partial charge in [-0.05, 0) is 33.6 Å². The predicted molar refractivity (Wildman–Crippen MR) is 52.1 cm³/mol. The number of ether oxygens (including phenoxy) is 1. The van der Waals surface area contributed by atoms with Gasteiger partial charge in [-0.15, -0.1) is 0 Å². The van der Waals surface area contributed by atoms with Crippen molar-refractivity contribution in [1.82, 2.24) is 0 Å². The van der Waals surface area contributed by atoms with Gasteiger partial charge in [0.1, 0.15) is 5.75 Å². The van der Waals surface area contributed by atoms with Crippen LogP contribution >= 0.6 is 15.9 Å². The van der Waals surface area contributed by atoms with Crippen LogP contribution in [-0.2, 0) is 11.2 Å². The molecule has 0 heterocycles. The number of carboxylic acids is 1. The molecule has 0 fully saturated rings. The summed E-state index contributed by atoms with van der Waals surface area (Å²) in [6.45, 7) is -2.90. The topological polar surface area (TPSA) is 46.5 Å². The molecular weight excluding hydrogens is 274 g/mol. The molecule has 0 unspecified atom stereocenters. The quantitative estimate of drug-likeness (QED) is 0.922. The second-order valence-corrected chi connectivity index (χ2v) is 3.57. The van der Waals surface area contributed by atoms with Crippen LogP contribution in [0, 0.1) is 0 Å². The third-order valence-corrected chi connectivity index (χ3v) is 2.19. The summed E-state index contributed by atoms with van der Waals surface area (Å²) >= 11 is 3.01. The van der Waals surface area contributed by atoms with Crippen LogP contribution in [0.5, 0.6) is 5.75 Å². The number of carboxylic acid groups (broad SMARTS) is 1. The Balaban J connectivity index is 2.83. The second-order valence-electron chi connectivity index (χ2n) is 2.71. The molecule has 1 N–H and O–H groups in total. The standard InChI is InChI=1S/C9H7BrF2O3/c10-6-3-5(4-8(13)14)1-2-7(6)15-9(11)12/h1-3,9H,4H2,(H,13,14). The van der Waals surface area contributed by atoms with Crippen molar-refractivity contribution in [2.24, 2.45) is 0 Å². The first-order chi connectivity index (χ1) is 6.99. The monoisotopic (exact) mass is 280 g/mol. The molecule has 0 saturated heterocycles. The lowest BCUT2D eigenvalue weighted by molar-refractivity contribution is -0.136. The first kappa shape index (κ1) is 11.9. The number of benzene rings is 1. The lowest BCUT2D eigenvalue weighted by Crippen LogP contribution is -2.04. The molecule has 0 aliphatic heterocycles. The van der Waals surface area contributed by atoms with E-state index in [-0.39, 0.29) is 12.2 Å². The van der Waals surface area contributed by atoms with Crippen molar-refractivity contribution in [3.05, 3.63) is 28.2 Å². The Bertz CT molecular complexity index is 368. The summed E-state index contributed by atoms with van der Waals surface area (Å²) < 4.78 is 28.2. The van der Waals surface area contributed by atoms with Crippen molar-refractivity contribution >= 4 is 21.9 Å². The smallest absolute Gasteiger partial charge is 0.387 e. The molecule has 0 aliphatic carbocycles. The molecule has 1 aromatic rings. The molecule has 3 nitrogen and oxygen atoms in total. The van der Waals surface area contributed by atoms with E-state index in [2.05, 4.69) is 20.7 Å². The Morgan fingerprint density at radius 2 is 2.20 bits per heavy atom. The van der Waals surface area contributed by atoms with E-state index < -0.39 is 12.6 Å². The highest BCUT2D eigenvalue weighted by Crippen LogP contribution is 2.27. The van der Waals surface area contributed by atoms with Crippen LogP contribution in [-0.4, -0.2) is 17.7 Å². The molecule has 15 heavy (non-hydrogen) atoms. The summed E-state index contributed by atoms with van der Waals surface area (Å²) in [6, 6.07) is 4.16. The Kier molecular flexibility index (Phi) is 4.02. The zero-order chi connectivity index (χ0) is 11.4. The highest BCUT2D eigenvalue weighted by Gasteiger charge is 2.09. The van der Waals surface area contributed by atoms with E-state index in [0.29, 0.717) is 10.0 Å². The number of alkyl halides is 2. The van der Waals surface area contributed by atoms with Crippen LogP contribution in [0.15, 0.2) is 22.7 Å². The molecule has 0 amide bonds. The van der Waals surface area contributed by atoms with Gasteiger partial charge in [0.05, 0.1) is 10.9 Å². The fourth-order valence-corrected chi connectivity index (χ4v) is 1.54. The second kappa shape index (κ2) is 5.06. The maximum Gasteiger partial charge on any atom is 0.387 e. The van der Waals surface area contributed by atoms with Gasteiger partial charge in [-0.3, -0.25) is 4.79 Å². The van der Waals surface area contributed by atoms with Crippen LogP contribution in [0.2, 0.25) is 0 Å². The molecule has 6 heteroatoms. The normalized spacial score (nSPS) is 10.4. The van der Waals surface area contributed by atoms with E-state index in [1.165, 1.54) is 18.2 Å².